The molecule has 1 unspecified atom stereocenters. The van der Waals surface area contributed by atoms with Crippen molar-refractivity contribution in [1.29, 1.82) is 0 Å². The van der Waals surface area contributed by atoms with Crippen molar-refractivity contribution in [2.24, 2.45) is 5.92 Å². The van der Waals surface area contributed by atoms with Gasteiger partial charge in [-0.2, -0.15) is 0 Å². The molecule has 1 aliphatic heterocycles. The summed E-state index contributed by atoms with van der Waals surface area (Å²) in [7, 11) is 0. The number of fused-ring (bicyclic) bond motifs is 1. The second kappa shape index (κ2) is 3.73. The Hall–Kier alpha value is -1.10. The van der Waals surface area contributed by atoms with Crippen LogP contribution in [0.2, 0.25) is 0 Å². The minimum absolute atomic E-state index is 0.681. The zero-order valence-corrected chi connectivity index (χ0v) is 10.6. The van der Waals surface area contributed by atoms with Crippen LogP contribution in [0, 0.1) is 5.92 Å². The summed E-state index contributed by atoms with van der Waals surface area (Å²) in [4.78, 5) is 0. The van der Waals surface area contributed by atoms with E-state index in [1.165, 1.54) is 6.42 Å². The van der Waals surface area contributed by atoms with Crippen molar-refractivity contribution >= 4 is 15.9 Å². The lowest BCUT2D eigenvalue weighted by Gasteiger charge is -2.20. The molecule has 0 amide bonds. The van der Waals surface area contributed by atoms with Gasteiger partial charge >= 0.3 is 0 Å². The lowest BCUT2D eigenvalue weighted by molar-refractivity contribution is 0.393. The van der Waals surface area contributed by atoms with E-state index >= 15 is 0 Å². The molecule has 84 valence electrons. The van der Waals surface area contributed by atoms with Crippen molar-refractivity contribution in [3.63, 3.8) is 0 Å². The molecule has 0 saturated heterocycles. The number of furan rings is 1. The predicted molar refractivity (Wildman–Crippen MR) is 62.9 cm³/mol. The monoisotopic (exact) mass is 281 g/mol. The van der Waals surface area contributed by atoms with Crippen LogP contribution in [-0.2, 0) is 13.0 Å². The Labute approximate surface area is 102 Å². The molecule has 0 fully saturated rings. The summed E-state index contributed by atoms with van der Waals surface area (Å²) < 4.78 is 8.41. The zero-order valence-electron chi connectivity index (χ0n) is 8.98. The van der Waals surface area contributed by atoms with E-state index in [-0.39, 0.29) is 0 Å². The van der Waals surface area contributed by atoms with Crippen LogP contribution in [-0.4, -0.2) is 14.8 Å². The second-order valence-electron chi connectivity index (χ2n) is 4.30. The van der Waals surface area contributed by atoms with E-state index in [0.717, 1.165) is 35.0 Å². The van der Waals surface area contributed by atoms with Gasteiger partial charge < -0.3 is 8.98 Å². The number of rotatable bonds is 1. The molecule has 3 heterocycles. The Morgan fingerprint density at radius 1 is 1.44 bits per heavy atom. The van der Waals surface area contributed by atoms with Gasteiger partial charge in [0.1, 0.15) is 5.82 Å². The molecule has 0 bridgehead atoms. The fourth-order valence-corrected chi connectivity index (χ4v) is 2.41. The van der Waals surface area contributed by atoms with Gasteiger partial charge in [0.2, 0.25) is 0 Å². The molecule has 0 aliphatic carbocycles. The normalized spacial score (nSPS) is 19.8. The average Bonchev–Trinajstić information content (AvgIpc) is 2.83. The lowest BCUT2D eigenvalue weighted by atomic mass is 10.0. The van der Waals surface area contributed by atoms with Crippen LogP contribution in [0.15, 0.2) is 21.2 Å². The number of halogens is 1. The van der Waals surface area contributed by atoms with Crippen molar-refractivity contribution in [2.75, 3.05) is 0 Å². The van der Waals surface area contributed by atoms with Crippen LogP contribution < -0.4 is 0 Å². The van der Waals surface area contributed by atoms with Crippen molar-refractivity contribution in [3.05, 3.63) is 22.6 Å². The van der Waals surface area contributed by atoms with Crippen molar-refractivity contribution < 1.29 is 4.42 Å². The van der Waals surface area contributed by atoms with E-state index in [0.29, 0.717) is 5.92 Å². The molecule has 0 aromatic carbocycles. The van der Waals surface area contributed by atoms with E-state index in [1.807, 2.05) is 12.1 Å². The maximum Gasteiger partial charge on any atom is 0.199 e. The van der Waals surface area contributed by atoms with E-state index in [4.69, 9.17) is 4.42 Å². The summed E-state index contributed by atoms with van der Waals surface area (Å²) in [5.41, 5.74) is 0. The van der Waals surface area contributed by atoms with Gasteiger partial charge in [0, 0.05) is 13.0 Å². The highest BCUT2D eigenvalue weighted by Crippen LogP contribution is 2.27. The Bertz CT molecular complexity index is 517. The van der Waals surface area contributed by atoms with Gasteiger partial charge in [0.25, 0.3) is 0 Å². The fourth-order valence-electron chi connectivity index (χ4n) is 2.11. The molecule has 16 heavy (non-hydrogen) atoms. The van der Waals surface area contributed by atoms with Gasteiger partial charge in [-0.25, -0.2) is 0 Å². The van der Waals surface area contributed by atoms with E-state index in [9.17, 15) is 0 Å². The zero-order chi connectivity index (χ0) is 11.1. The molecule has 2 aromatic heterocycles. The number of aryl methyl sites for hydroxylation is 1. The summed E-state index contributed by atoms with van der Waals surface area (Å²) in [6.45, 7) is 3.24. The van der Waals surface area contributed by atoms with E-state index in [2.05, 4.69) is 37.6 Å². The van der Waals surface area contributed by atoms with Crippen LogP contribution in [0.3, 0.4) is 0 Å². The molecule has 3 rings (SSSR count). The molecule has 0 N–H and O–H groups in total. The highest BCUT2D eigenvalue weighted by atomic mass is 79.9. The fraction of sp³-hybridized carbons (Fsp3) is 0.455. The third kappa shape index (κ3) is 1.59. The first kappa shape index (κ1) is 10.1. The maximum absolute atomic E-state index is 5.52. The molecule has 1 atom stereocenters. The SMILES string of the molecule is CC1CCc2nnc(-c3ccc(Br)o3)n2C1. The topological polar surface area (TPSA) is 43.9 Å². The predicted octanol–water partition coefficient (Wildman–Crippen LogP) is 2.88. The van der Waals surface area contributed by atoms with E-state index in [1.54, 1.807) is 0 Å². The Morgan fingerprint density at radius 3 is 3.06 bits per heavy atom. The molecule has 5 heteroatoms. The van der Waals surface area contributed by atoms with Gasteiger partial charge in [-0.1, -0.05) is 6.92 Å². The first-order chi connectivity index (χ1) is 7.74. The highest BCUT2D eigenvalue weighted by Gasteiger charge is 2.22. The molecule has 0 radical (unpaired) electrons. The molecule has 0 saturated carbocycles. The second-order valence-corrected chi connectivity index (χ2v) is 5.08. The Balaban J connectivity index is 2.06. The average molecular weight is 282 g/mol. The maximum atomic E-state index is 5.52. The summed E-state index contributed by atoms with van der Waals surface area (Å²) in [5.74, 6) is 3.37. The standard InChI is InChI=1S/C11H12BrN3O/c1-7-2-5-10-13-14-11(15(10)6-7)8-3-4-9(12)16-8/h3-4,7H,2,5-6H2,1H3. The minimum atomic E-state index is 0.681. The van der Waals surface area contributed by atoms with Gasteiger partial charge in [0.05, 0.1) is 0 Å². The summed E-state index contributed by atoms with van der Waals surface area (Å²) in [6.07, 6.45) is 2.20. The summed E-state index contributed by atoms with van der Waals surface area (Å²) in [6, 6.07) is 3.80. The van der Waals surface area contributed by atoms with Gasteiger partial charge in [-0.15, -0.1) is 10.2 Å². The van der Waals surface area contributed by atoms with Crippen molar-refractivity contribution in [1.82, 2.24) is 14.8 Å². The molecule has 4 nitrogen and oxygen atoms in total. The lowest BCUT2D eigenvalue weighted by Crippen LogP contribution is -2.18. The smallest absolute Gasteiger partial charge is 0.199 e. The summed E-state index contributed by atoms with van der Waals surface area (Å²) >= 11 is 3.30. The van der Waals surface area contributed by atoms with Crippen LogP contribution in [0.25, 0.3) is 11.6 Å². The molecule has 0 spiro atoms. The van der Waals surface area contributed by atoms with Crippen LogP contribution in [0.4, 0.5) is 0 Å². The number of hydrogen-bond acceptors (Lipinski definition) is 3. The van der Waals surface area contributed by atoms with Crippen LogP contribution in [0.5, 0.6) is 0 Å². The number of hydrogen-bond donors (Lipinski definition) is 0. The van der Waals surface area contributed by atoms with Crippen LogP contribution in [0.1, 0.15) is 19.2 Å². The Morgan fingerprint density at radius 2 is 2.31 bits per heavy atom. The highest BCUT2D eigenvalue weighted by molar-refractivity contribution is 9.10. The molecular formula is C11H12BrN3O. The molecule has 2 aromatic rings. The van der Waals surface area contributed by atoms with Gasteiger partial charge in [-0.05, 0) is 40.4 Å². The van der Waals surface area contributed by atoms with Crippen molar-refractivity contribution in [3.8, 4) is 11.6 Å². The first-order valence-electron chi connectivity index (χ1n) is 5.42. The molecule has 1 aliphatic rings. The third-order valence-corrected chi connectivity index (χ3v) is 3.40. The first-order valence-corrected chi connectivity index (χ1v) is 6.21. The van der Waals surface area contributed by atoms with Gasteiger partial charge in [0.15, 0.2) is 16.3 Å². The third-order valence-electron chi connectivity index (χ3n) is 2.98. The number of nitrogens with zero attached hydrogens (tertiary/aromatic N) is 3. The minimum Gasteiger partial charge on any atom is -0.446 e. The van der Waals surface area contributed by atoms with Gasteiger partial charge in [-0.3, -0.25) is 0 Å². The number of aromatic nitrogens is 3. The molecular weight excluding hydrogens is 270 g/mol. The summed E-state index contributed by atoms with van der Waals surface area (Å²) in [5, 5.41) is 8.43. The quantitative estimate of drug-likeness (QED) is 0.807. The largest absolute Gasteiger partial charge is 0.446 e. The van der Waals surface area contributed by atoms with E-state index < -0.39 is 0 Å². The van der Waals surface area contributed by atoms with Crippen LogP contribution >= 0.6 is 15.9 Å². The van der Waals surface area contributed by atoms with Crippen molar-refractivity contribution in [2.45, 2.75) is 26.3 Å². The Kier molecular flexibility index (Phi) is 2.35.